The molecule has 0 aliphatic carbocycles. The third-order valence-electron chi connectivity index (χ3n) is 2.60. The summed E-state index contributed by atoms with van der Waals surface area (Å²) in [6.45, 7) is 3.56. The summed E-state index contributed by atoms with van der Waals surface area (Å²) in [5.74, 6) is 2.14. The van der Waals surface area contributed by atoms with Crippen LogP contribution in [0.25, 0.3) is 0 Å². The van der Waals surface area contributed by atoms with Crippen molar-refractivity contribution in [2.75, 3.05) is 7.11 Å². The summed E-state index contributed by atoms with van der Waals surface area (Å²) in [7, 11) is 1.57. The van der Waals surface area contributed by atoms with Crippen molar-refractivity contribution < 1.29 is 19.1 Å². The van der Waals surface area contributed by atoms with E-state index in [0.29, 0.717) is 28.8 Å². The Balaban J connectivity index is 2.17. The smallest absolute Gasteiger partial charge is 0.223 e. The molecule has 0 fully saturated rings. The van der Waals surface area contributed by atoms with Gasteiger partial charge in [-0.1, -0.05) is 5.16 Å². The maximum Gasteiger partial charge on any atom is 0.223 e. The molecule has 2 aromatic rings. The monoisotopic (exact) mass is 264 g/mol. The van der Waals surface area contributed by atoms with Gasteiger partial charge in [0.05, 0.1) is 13.2 Å². The van der Waals surface area contributed by atoms with Gasteiger partial charge in [-0.05, 0) is 19.1 Å². The highest BCUT2D eigenvalue weighted by atomic mass is 16.5. The molecule has 1 atom stereocenters. The summed E-state index contributed by atoms with van der Waals surface area (Å²) in [6.07, 6.45) is -0.632. The summed E-state index contributed by atoms with van der Waals surface area (Å²) in [4.78, 5) is 4.05. The van der Waals surface area contributed by atoms with Gasteiger partial charge in [-0.25, -0.2) is 0 Å². The van der Waals surface area contributed by atoms with Crippen LogP contribution in [0.2, 0.25) is 0 Å². The molecule has 1 aromatic carbocycles. The van der Waals surface area contributed by atoms with Crippen LogP contribution in [0.4, 0.5) is 0 Å². The molecule has 0 spiro atoms. The Bertz CT molecular complexity index is 551. The summed E-state index contributed by atoms with van der Waals surface area (Å²) in [6, 6.07) is 5.25. The van der Waals surface area contributed by atoms with E-state index in [2.05, 4.69) is 10.1 Å². The van der Waals surface area contributed by atoms with Crippen LogP contribution in [-0.4, -0.2) is 22.4 Å². The molecule has 0 bridgehead atoms. The number of aliphatic hydroxyl groups excluding tert-OH is 1. The van der Waals surface area contributed by atoms with E-state index < -0.39 is 6.10 Å². The number of hydrogen-bond acceptors (Lipinski definition) is 6. The molecule has 0 saturated heterocycles. The normalized spacial score (nSPS) is 12.2. The molecule has 102 valence electrons. The van der Waals surface area contributed by atoms with Crippen molar-refractivity contribution >= 4 is 0 Å². The fourth-order valence-corrected chi connectivity index (χ4v) is 1.65. The minimum atomic E-state index is -0.632. The Morgan fingerprint density at radius 3 is 2.79 bits per heavy atom. The standard InChI is InChI=1S/C13H16N2O4/c1-8(16)11-5-4-10(17-3)6-12(11)18-7-13-14-9(2)19-15-13/h4-6,8,16H,7H2,1-3H3. The van der Waals surface area contributed by atoms with Gasteiger partial charge in [0.15, 0.2) is 6.61 Å². The van der Waals surface area contributed by atoms with E-state index >= 15 is 0 Å². The van der Waals surface area contributed by atoms with Crippen molar-refractivity contribution in [1.82, 2.24) is 10.1 Å². The number of aliphatic hydroxyl groups is 1. The lowest BCUT2D eigenvalue weighted by Crippen LogP contribution is -2.02. The first-order valence-electron chi connectivity index (χ1n) is 5.88. The summed E-state index contributed by atoms with van der Waals surface area (Å²) >= 11 is 0. The maximum absolute atomic E-state index is 9.70. The van der Waals surface area contributed by atoms with Crippen molar-refractivity contribution in [3.63, 3.8) is 0 Å². The van der Waals surface area contributed by atoms with Crippen LogP contribution < -0.4 is 9.47 Å². The van der Waals surface area contributed by atoms with Gasteiger partial charge in [-0.15, -0.1) is 0 Å². The van der Waals surface area contributed by atoms with Gasteiger partial charge in [0.25, 0.3) is 0 Å². The fourth-order valence-electron chi connectivity index (χ4n) is 1.65. The van der Waals surface area contributed by atoms with Crippen LogP contribution in [-0.2, 0) is 6.61 Å². The third-order valence-corrected chi connectivity index (χ3v) is 2.60. The molecule has 0 aliphatic heterocycles. The van der Waals surface area contributed by atoms with Crippen molar-refractivity contribution in [3.05, 3.63) is 35.5 Å². The van der Waals surface area contributed by atoms with Gasteiger partial charge < -0.3 is 19.1 Å². The van der Waals surface area contributed by atoms with E-state index in [9.17, 15) is 5.11 Å². The zero-order valence-electron chi connectivity index (χ0n) is 11.1. The highest BCUT2D eigenvalue weighted by Crippen LogP contribution is 2.29. The first kappa shape index (κ1) is 13.4. The first-order chi connectivity index (χ1) is 9.10. The van der Waals surface area contributed by atoms with Crippen molar-refractivity contribution in [2.24, 2.45) is 0 Å². The van der Waals surface area contributed by atoms with Crippen LogP contribution in [0.1, 0.15) is 30.3 Å². The number of hydrogen-bond donors (Lipinski definition) is 1. The summed E-state index contributed by atoms with van der Waals surface area (Å²) in [5.41, 5.74) is 0.681. The molecule has 2 rings (SSSR count). The van der Waals surface area contributed by atoms with Crippen LogP contribution in [0.5, 0.6) is 11.5 Å². The van der Waals surface area contributed by atoms with Gasteiger partial charge in [-0.3, -0.25) is 0 Å². The molecule has 1 unspecified atom stereocenters. The number of methoxy groups -OCH3 is 1. The Labute approximate surface area is 111 Å². The Morgan fingerprint density at radius 2 is 2.21 bits per heavy atom. The van der Waals surface area contributed by atoms with Gasteiger partial charge in [0, 0.05) is 18.6 Å². The Morgan fingerprint density at radius 1 is 1.42 bits per heavy atom. The lowest BCUT2D eigenvalue weighted by Gasteiger charge is -2.13. The predicted octanol–water partition coefficient (Wildman–Crippen LogP) is 2.02. The fraction of sp³-hybridized carbons (Fsp3) is 0.385. The minimum Gasteiger partial charge on any atom is -0.497 e. The first-order valence-corrected chi connectivity index (χ1v) is 5.88. The molecule has 6 heteroatoms. The molecule has 1 heterocycles. The van der Waals surface area contributed by atoms with E-state index in [4.69, 9.17) is 14.0 Å². The molecule has 1 N–H and O–H groups in total. The highest BCUT2D eigenvalue weighted by Gasteiger charge is 2.12. The number of nitrogens with zero attached hydrogens (tertiary/aromatic N) is 2. The van der Waals surface area contributed by atoms with E-state index in [1.807, 2.05) is 0 Å². The molecular weight excluding hydrogens is 248 g/mol. The molecular formula is C13H16N2O4. The van der Waals surface area contributed by atoms with Crippen molar-refractivity contribution in [1.29, 1.82) is 0 Å². The summed E-state index contributed by atoms with van der Waals surface area (Å²) in [5, 5.41) is 13.4. The lowest BCUT2D eigenvalue weighted by atomic mass is 10.1. The second kappa shape index (κ2) is 5.71. The number of aryl methyl sites for hydroxylation is 1. The SMILES string of the molecule is COc1ccc(C(C)O)c(OCc2noc(C)n2)c1. The lowest BCUT2D eigenvalue weighted by molar-refractivity contribution is 0.189. The number of benzene rings is 1. The van der Waals surface area contributed by atoms with Crippen LogP contribution in [0, 0.1) is 6.92 Å². The van der Waals surface area contributed by atoms with Gasteiger partial charge >= 0.3 is 0 Å². The van der Waals surface area contributed by atoms with E-state index in [1.54, 1.807) is 39.2 Å². The average molecular weight is 264 g/mol. The van der Waals surface area contributed by atoms with Gasteiger partial charge in [0.2, 0.25) is 11.7 Å². The topological polar surface area (TPSA) is 77.6 Å². The molecule has 0 amide bonds. The van der Waals surface area contributed by atoms with E-state index in [0.717, 1.165) is 0 Å². The molecule has 6 nitrogen and oxygen atoms in total. The number of aromatic nitrogens is 2. The average Bonchev–Trinajstić information content (AvgIpc) is 2.81. The quantitative estimate of drug-likeness (QED) is 0.890. The largest absolute Gasteiger partial charge is 0.497 e. The molecule has 0 radical (unpaired) electrons. The Hall–Kier alpha value is -2.08. The number of rotatable bonds is 5. The zero-order chi connectivity index (χ0) is 13.8. The molecule has 0 saturated carbocycles. The van der Waals surface area contributed by atoms with Crippen LogP contribution in [0.3, 0.4) is 0 Å². The minimum absolute atomic E-state index is 0.171. The molecule has 1 aromatic heterocycles. The van der Waals surface area contributed by atoms with E-state index in [1.165, 1.54) is 0 Å². The zero-order valence-corrected chi connectivity index (χ0v) is 11.1. The van der Waals surface area contributed by atoms with Gasteiger partial charge in [-0.2, -0.15) is 4.98 Å². The number of ether oxygens (including phenoxy) is 2. The van der Waals surface area contributed by atoms with Crippen LogP contribution >= 0.6 is 0 Å². The Kier molecular flexibility index (Phi) is 4.01. The maximum atomic E-state index is 9.70. The second-order valence-corrected chi connectivity index (χ2v) is 4.10. The third kappa shape index (κ3) is 3.23. The van der Waals surface area contributed by atoms with Crippen molar-refractivity contribution in [3.8, 4) is 11.5 Å². The van der Waals surface area contributed by atoms with E-state index in [-0.39, 0.29) is 6.61 Å². The molecule has 19 heavy (non-hydrogen) atoms. The van der Waals surface area contributed by atoms with Crippen molar-refractivity contribution in [2.45, 2.75) is 26.6 Å². The van der Waals surface area contributed by atoms with Gasteiger partial charge in [0.1, 0.15) is 11.5 Å². The highest BCUT2D eigenvalue weighted by molar-refractivity contribution is 5.41. The molecule has 0 aliphatic rings. The summed E-state index contributed by atoms with van der Waals surface area (Å²) < 4.78 is 15.6. The predicted molar refractivity (Wildman–Crippen MR) is 67.0 cm³/mol. The van der Waals surface area contributed by atoms with Crippen LogP contribution in [0.15, 0.2) is 22.7 Å². The second-order valence-electron chi connectivity index (χ2n) is 4.10.